The second kappa shape index (κ2) is 12.2. The summed E-state index contributed by atoms with van der Waals surface area (Å²) in [5.74, 6) is 1.20. The van der Waals surface area contributed by atoms with Crippen LogP contribution in [0.4, 0.5) is 0 Å². The van der Waals surface area contributed by atoms with Gasteiger partial charge >= 0.3 is 89.5 Å². The van der Waals surface area contributed by atoms with Gasteiger partial charge < -0.3 is 0 Å². The summed E-state index contributed by atoms with van der Waals surface area (Å²) in [5.41, 5.74) is 11.4. The van der Waals surface area contributed by atoms with E-state index >= 15 is 0 Å². The Morgan fingerprint density at radius 2 is 1.60 bits per heavy atom. The standard InChI is InChI=1S/C13H9.C11H14.C10H15.Zr/c1-3-7-12-10(5-1)9-11-6-2-4-8-13(11)12;1-9-5-7-10(8-6-9)11(2,3)4;1-7(2)10-6-8(3)5-9(10)4;/h1-5,7-8H,9H2;1,5-8H,2-4H3;6-8H,1-4H3;/q-1;;-1;+2. The molecule has 178 valence electrons. The van der Waals surface area contributed by atoms with Crippen LogP contribution in [-0.4, -0.2) is 3.71 Å². The summed E-state index contributed by atoms with van der Waals surface area (Å²) in [4.78, 5) is 0. The third kappa shape index (κ3) is 7.44. The van der Waals surface area contributed by atoms with Crippen molar-refractivity contribution in [3.8, 4) is 11.1 Å². The van der Waals surface area contributed by atoms with Gasteiger partial charge in [0.25, 0.3) is 0 Å². The molecule has 1 heteroatoms. The summed E-state index contributed by atoms with van der Waals surface area (Å²) >= 11 is 1.46. The van der Waals surface area contributed by atoms with Gasteiger partial charge in [-0.1, -0.05) is 74.9 Å². The van der Waals surface area contributed by atoms with Crippen molar-refractivity contribution in [3.63, 3.8) is 0 Å². The van der Waals surface area contributed by atoms with Crippen LogP contribution >= 0.6 is 0 Å². The van der Waals surface area contributed by atoms with Crippen LogP contribution in [0.25, 0.3) is 11.1 Å². The Hall–Kier alpha value is -2.11. The Morgan fingerprint density at radius 1 is 0.943 bits per heavy atom. The number of benzene rings is 3. The molecular formula is C34H38Zr. The number of rotatable bonds is 2. The molecule has 5 rings (SSSR count). The molecule has 0 amide bonds. The Bertz CT molecular complexity index is 1160. The predicted molar refractivity (Wildman–Crippen MR) is 148 cm³/mol. The largest absolute Gasteiger partial charge is 0.266 e. The van der Waals surface area contributed by atoms with E-state index in [2.05, 4.69) is 131 Å². The number of hydrogen-bond acceptors (Lipinski definition) is 0. The molecule has 2 aliphatic rings. The molecular weight excluding hydrogens is 500 g/mol. The molecule has 1 unspecified atom stereocenters. The number of fused-ring (bicyclic) bond motifs is 3. The smallest absolute Gasteiger partial charge is 0.0253 e. The van der Waals surface area contributed by atoms with E-state index in [4.69, 9.17) is 0 Å². The van der Waals surface area contributed by atoms with E-state index in [9.17, 15) is 0 Å². The third-order valence-electron chi connectivity index (χ3n) is 6.49. The van der Waals surface area contributed by atoms with E-state index in [0.717, 1.165) is 6.42 Å². The van der Waals surface area contributed by atoms with Gasteiger partial charge in [-0.3, -0.25) is 6.08 Å². The van der Waals surface area contributed by atoms with E-state index in [-0.39, 0.29) is 5.41 Å². The predicted octanol–water partition coefficient (Wildman–Crippen LogP) is 8.71. The van der Waals surface area contributed by atoms with Gasteiger partial charge in [0, 0.05) is 0 Å². The van der Waals surface area contributed by atoms with Crippen molar-refractivity contribution in [3.05, 3.63) is 118 Å². The molecule has 3 aromatic rings. The van der Waals surface area contributed by atoms with Crippen molar-refractivity contribution in [1.29, 1.82) is 0 Å². The molecule has 0 saturated carbocycles. The van der Waals surface area contributed by atoms with Crippen molar-refractivity contribution in [2.45, 2.75) is 60.3 Å². The van der Waals surface area contributed by atoms with E-state index in [1.165, 1.54) is 68.8 Å². The third-order valence-corrected chi connectivity index (χ3v) is 7.31. The van der Waals surface area contributed by atoms with Crippen LogP contribution in [0.2, 0.25) is 0 Å². The van der Waals surface area contributed by atoms with E-state index < -0.39 is 0 Å². The van der Waals surface area contributed by atoms with Crippen LogP contribution in [-0.2, 0) is 36.1 Å². The Balaban J connectivity index is 0.000000148. The molecule has 2 aliphatic carbocycles. The van der Waals surface area contributed by atoms with Crippen molar-refractivity contribution in [1.82, 2.24) is 0 Å². The first-order chi connectivity index (χ1) is 16.6. The fraction of sp³-hybridized carbons (Fsp3) is 0.324. The van der Waals surface area contributed by atoms with Crippen LogP contribution in [0.5, 0.6) is 0 Å². The summed E-state index contributed by atoms with van der Waals surface area (Å²) in [6.45, 7) is 15.5. The molecule has 0 aliphatic heterocycles. The van der Waals surface area contributed by atoms with Gasteiger partial charge in [0.1, 0.15) is 0 Å². The van der Waals surface area contributed by atoms with Crippen LogP contribution in [0.15, 0.2) is 84.0 Å². The van der Waals surface area contributed by atoms with Gasteiger partial charge in [0.05, 0.1) is 0 Å². The zero-order chi connectivity index (χ0) is 25.6. The van der Waals surface area contributed by atoms with Crippen molar-refractivity contribution in [2.24, 2.45) is 11.8 Å². The molecule has 0 nitrogen and oxygen atoms in total. The zero-order valence-corrected chi connectivity index (χ0v) is 24.8. The molecule has 3 aromatic carbocycles. The van der Waals surface area contributed by atoms with E-state index in [1.54, 1.807) is 0 Å². The molecule has 0 N–H and O–H groups in total. The first-order valence-electron chi connectivity index (χ1n) is 12.6. The first-order valence-corrected chi connectivity index (χ1v) is 14.0. The van der Waals surface area contributed by atoms with E-state index in [1.807, 2.05) is 6.07 Å². The molecule has 0 aromatic heterocycles. The fourth-order valence-corrected chi connectivity index (χ4v) is 5.04. The molecule has 35 heavy (non-hydrogen) atoms. The van der Waals surface area contributed by atoms with Crippen molar-refractivity contribution in [2.75, 3.05) is 0 Å². The number of hydrogen-bond donors (Lipinski definition) is 0. The van der Waals surface area contributed by atoms with E-state index in [0.29, 0.717) is 11.8 Å². The first kappa shape index (κ1) is 27.5. The minimum Gasteiger partial charge on any atom is -0.266 e. The summed E-state index contributed by atoms with van der Waals surface area (Å²) in [7, 11) is 0. The second-order valence-corrected chi connectivity index (χ2v) is 11.5. The van der Waals surface area contributed by atoms with Crippen LogP contribution < -0.4 is 0 Å². The van der Waals surface area contributed by atoms with Crippen LogP contribution in [0, 0.1) is 24.0 Å². The minimum atomic E-state index is 0.277. The van der Waals surface area contributed by atoms with Gasteiger partial charge in [-0.2, -0.15) is 41.5 Å². The number of allylic oxidation sites excluding steroid dienone is 4. The Morgan fingerprint density at radius 3 is 2.14 bits per heavy atom. The molecule has 0 heterocycles. The molecule has 0 saturated heterocycles. The quantitative estimate of drug-likeness (QED) is 0.224. The Labute approximate surface area is 228 Å². The zero-order valence-electron chi connectivity index (χ0n) is 22.4. The fourth-order valence-electron chi connectivity index (χ4n) is 4.56. The topological polar surface area (TPSA) is 0 Å². The molecule has 0 fully saturated rings. The molecule has 0 bridgehead atoms. The van der Waals surface area contributed by atoms with Gasteiger partial charge in [-0.05, 0) is 6.42 Å². The summed E-state index contributed by atoms with van der Waals surface area (Å²) in [6.07, 6.45) is 6.73. The average molecular weight is 538 g/mol. The average Bonchev–Trinajstić information content (AvgIpc) is 3.38. The van der Waals surface area contributed by atoms with Gasteiger partial charge in [0.2, 0.25) is 0 Å². The van der Waals surface area contributed by atoms with Gasteiger partial charge in [-0.25, -0.2) is 5.57 Å². The molecule has 0 spiro atoms. The normalized spacial score (nSPS) is 15.7. The maximum Gasteiger partial charge on any atom is -0.0253 e. The summed E-state index contributed by atoms with van der Waals surface area (Å²) < 4.78 is 2.21. The van der Waals surface area contributed by atoms with Gasteiger partial charge in [0.15, 0.2) is 0 Å². The summed E-state index contributed by atoms with van der Waals surface area (Å²) in [5, 5.41) is 0. The Kier molecular flexibility index (Phi) is 9.60. The SMILES string of the molecule is CC(C)(C)c1ccc([CH]=[Zr+2])cc1.CC1=[C-]C(C)C=C1C(C)C.[c-]1cccc2c1Cc1ccccc1-2. The summed E-state index contributed by atoms with van der Waals surface area (Å²) in [6, 6.07) is 26.9. The van der Waals surface area contributed by atoms with Crippen molar-refractivity contribution < 1.29 is 24.2 Å². The van der Waals surface area contributed by atoms with Crippen LogP contribution in [0.1, 0.15) is 70.7 Å². The van der Waals surface area contributed by atoms with Crippen LogP contribution in [0.3, 0.4) is 0 Å². The minimum absolute atomic E-state index is 0.277. The monoisotopic (exact) mass is 536 g/mol. The maximum atomic E-state index is 3.37. The van der Waals surface area contributed by atoms with Gasteiger partial charge in [-0.15, -0.1) is 5.56 Å². The maximum absolute atomic E-state index is 3.37. The second-order valence-electron chi connectivity index (χ2n) is 10.7. The molecule has 0 radical (unpaired) electrons. The van der Waals surface area contributed by atoms with Crippen molar-refractivity contribution >= 4 is 3.71 Å². The molecule has 1 atom stereocenters.